The monoisotopic (exact) mass is 424 g/mol. The molecule has 146 valence electrons. The Labute approximate surface area is 152 Å². The topological polar surface area (TPSA) is 106 Å². The van der Waals surface area contributed by atoms with Crippen molar-refractivity contribution in [1.29, 1.82) is 0 Å². The van der Waals surface area contributed by atoms with Crippen molar-refractivity contribution in [3.05, 3.63) is 64.8 Å². The highest BCUT2D eigenvalue weighted by molar-refractivity contribution is 7.95. The van der Waals surface area contributed by atoms with Crippen LogP contribution in [0.15, 0.2) is 52.8 Å². The predicted octanol–water partition coefficient (Wildman–Crippen LogP) is 2.90. The number of nitrogens with two attached hydrogens (primary N) is 1. The second kappa shape index (κ2) is 7.29. The van der Waals surface area contributed by atoms with Gasteiger partial charge in [0, 0.05) is 0 Å². The molecule has 3 N–H and O–H groups in total. The molecule has 0 saturated heterocycles. The number of rotatable bonds is 5. The van der Waals surface area contributed by atoms with Crippen LogP contribution in [0.2, 0.25) is 0 Å². The zero-order valence-electron chi connectivity index (χ0n) is 13.2. The highest BCUT2D eigenvalue weighted by Gasteiger charge is 2.29. The fourth-order valence-electron chi connectivity index (χ4n) is 2.02. The second-order valence-corrected chi connectivity index (χ2v) is 8.30. The second-order valence-electron chi connectivity index (χ2n) is 5.23. The van der Waals surface area contributed by atoms with Crippen LogP contribution in [-0.4, -0.2) is 16.8 Å². The van der Waals surface area contributed by atoms with Crippen LogP contribution in [0.3, 0.4) is 0 Å². The number of nitrogens with one attached hydrogen (secondary N) is 1. The first-order chi connectivity index (χ1) is 12.3. The molecule has 2 rings (SSSR count). The molecule has 0 saturated carbocycles. The van der Waals surface area contributed by atoms with E-state index < -0.39 is 48.2 Å². The van der Waals surface area contributed by atoms with Crippen LogP contribution in [0, 0.1) is 5.82 Å². The quantitative estimate of drug-likeness (QED) is 0.720. The van der Waals surface area contributed by atoms with Crippen molar-refractivity contribution in [2.24, 2.45) is 5.14 Å². The molecule has 27 heavy (non-hydrogen) atoms. The first kappa shape index (κ1) is 20.9. The normalized spacial score (nSPS) is 13.1. The Bertz CT molecular complexity index is 1080. The van der Waals surface area contributed by atoms with E-state index in [-0.39, 0.29) is 5.56 Å². The molecule has 12 heteroatoms. The van der Waals surface area contributed by atoms with Gasteiger partial charge in [0.2, 0.25) is 10.0 Å². The summed E-state index contributed by atoms with van der Waals surface area (Å²) in [6.07, 6.45) is -3.55. The van der Waals surface area contributed by atoms with Crippen LogP contribution in [0.5, 0.6) is 0 Å². The number of alkyl halides is 3. The third-order valence-corrected chi connectivity index (χ3v) is 5.16. The molecule has 0 aromatic heterocycles. The Kier molecular flexibility index (Phi) is 5.63. The lowest BCUT2D eigenvalue weighted by Crippen LogP contribution is -2.19. The van der Waals surface area contributed by atoms with Gasteiger partial charge in [-0.1, -0.05) is 18.2 Å². The fourth-order valence-corrected chi connectivity index (χ4v) is 3.73. The maximum atomic E-state index is 13.7. The number of hydrogen-bond donors (Lipinski definition) is 2. The van der Waals surface area contributed by atoms with E-state index in [0.717, 1.165) is 48.5 Å². The molecule has 0 bridgehead atoms. The van der Waals surface area contributed by atoms with Crippen molar-refractivity contribution in [3.8, 4) is 0 Å². The average Bonchev–Trinajstić information content (AvgIpc) is 2.51. The first-order valence-electron chi connectivity index (χ1n) is 6.99. The van der Waals surface area contributed by atoms with E-state index >= 15 is 0 Å². The molecule has 0 spiro atoms. The number of anilines is 1. The molecule has 6 nitrogen and oxygen atoms in total. The van der Waals surface area contributed by atoms with Gasteiger partial charge in [-0.15, -0.1) is 0 Å². The molecule has 0 aliphatic carbocycles. The Balaban J connectivity index is 2.29. The molecule has 0 unspecified atom stereocenters. The van der Waals surface area contributed by atoms with E-state index in [1.165, 1.54) is 0 Å². The summed E-state index contributed by atoms with van der Waals surface area (Å²) in [5.41, 5.74) is -1.37. The first-order valence-corrected chi connectivity index (χ1v) is 10.1. The van der Waals surface area contributed by atoms with Crippen LogP contribution in [0.1, 0.15) is 11.1 Å². The lowest BCUT2D eigenvalue weighted by Gasteiger charge is -2.10. The van der Waals surface area contributed by atoms with Crippen molar-refractivity contribution in [2.75, 3.05) is 4.72 Å². The fraction of sp³-hybridized carbons (Fsp3) is 0.0667. The number of benzene rings is 2. The minimum atomic E-state index is -4.55. The van der Waals surface area contributed by atoms with E-state index in [2.05, 4.69) is 0 Å². The number of hydrogen-bond acceptors (Lipinski definition) is 4. The Morgan fingerprint density at radius 2 is 1.56 bits per heavy atom. The van der Waals surface area contributed by atoms with Gasteiger partial charge in [0.1, 0.15) is 10.7 Å². The summed E-state index contributed by atoms with van der Waals surface area (Å²) >= 11 is 0. The maximum Gasteiger partial charge on any atom is 0.416 e. The maximum absolute atomic E-state index is 13.7. The predicted molar refractivity (Wildman–Crippen MR) is 90.8 cm³/mol. The summed E-state index contributed by atoms with van der Waals surface area (Å²) in [5.74, 6) is -1.25. The van der Waals surface area contributed by atoms with E-state index in [1.807, 2.05) is 4.72 Å². The minimum absolute atomic E-state index is 0.138. The smallest absolute Gasteiger partial charge is 0.279 e. The summed E-state index contributed by atoms with van der Waals surface area (Å²) in [6, 6.07) is 6.49. The molecular formula is C15H12F4N2O4S2. The Morgan fingerprint density at radius 3 is 2.07 bits per heavy atom. The van der Waals surface area contributed by atoms with E-state index in [1.54, 1.807) is 0 Å². The van der Waals surface area contributed by atoms with Gasteiger partial charge >= 0.3 is 6.18 Å². The summed E-state index contributed by atoms with van der Waals surface area (Å²) in [5, 5.41) is 5.47. The SMILES string of the molecule is NS(=O)(=O)c1c(F)cccc1NS(=O)(=O)C=Cc1ccc(C(F)(F)F)cc1. The third kappa shape index (κ3) is 5.52. The van der Waals surface area contributed by atoms with Crippen LogP contribution in [-0.2, 0) is 26.2 Å². The average molecular weight is 424 g/mol. The van der Waals surface area contributed by atoms with Gasteiger partial charge < -0.3 is 0 Å². The third-order valence-electron chi connectivity index (χ3n) is 3.18. The van der Waals surface area contributed by atoms with Crippen molar-refractivity contribution in [3.63, 3.8) is 0 Å². The van der Waals surface area contributed by atoms with Crippen LogP contribution in [0.4, 0.5) is 23.2 Å². The molecule has 0 radical (unpaired) electrons. The van der Waals surface area contributed by atoms with Crippen molar-refractivity contribution in [1.82, 2.24) is 0 Å². The summed E-state index contributed by atoms with van der Waals surface area (Å²) in [7, 11) is -8.87. The van der Waals surface area contributed by atoms with Gasteiger partial charge in [0.15, 0.2) is 0 Å². The van der Waals surface area contributed by atoms with E-state index in [0.29, 0.717) is 5.41 Å². The Morgan fingerprint density at radius 1 is 0.963 bits per heavy atom. The Hall–Kier alpha value is -2.44. The van der Waals surface area contributed by atoms with Crippen molar-refractivity contribution < 1.29 is 34.4 Å². The van der Waals surface area contributed by atoms with Gasteiger partial charge in [-0.3, -0.25) is 4.72 Å². The lowest BCUT2D eigenvalue weighted by molar-refractivity contribution is -0.137. The molecule has 0 fully saturated rings. The lowest BCUT2D eigenvalue weighted by atomic mass is 10.1. The van der Waals surface area contributed by atoms with Gasteiger partial charge in [-0.2, -0.15) is 13.2 Å². The summed E-state index contributed by atoms with van der Waals surface area (Å²) in [6.45, 7) is 0. The van der Waals surface area contributed by atoms with Crippen LogP contribution in [0.25, 0.3) is 6.08 Å². The molecular weight excluding hydrogens is 412 g/mol. The minimum Gasteiger partial charge on any atom is -0.279 e. The number of sulfonamides is 2. The standard InChI is InChI=1S/C15H12F4N2O4S2/c16-12-2-1-3-13(14(12)27(20,24)25)21-26(22,23)9-8-10-4-6-11(7-5-10)15(17,18)19/h1-9,21H,(H2,20,24,25). The van der Waals surface area contributed by atoms with Gasteiger partial charge in [0.05, 0.1) is 16.7 Å². The number of primary sulfonamides is 1. The highest BCUT2D eigenvalue weighted by Crippen LogP contribution is 2.29. The van der Waals surface area contributed by atoms with Crippen LogP contribution >= 0.6 is 0 Å². The van der Waals surface area contributed by atoms with E-state index in [9.17, 15) is 34.4 Å². The van der Waals surface area contributed by atoms with Crippen molar-refractivity contribution >= 4 is 31.8 Å². The largest absolute Gasteiger partial charge is 0.416 e. The van der Waals surface area contributed by atoms with Crippen LogP contribution < -0.4 is 9.86 Å². The zero-order chi connectivity index (χ0) is 20.5. The van der Waals surface area contributed by atoms with Gasteiger partial charge in [-0.05, 0) is 35.9 Å². The van der Waals surface area contributed by atoms with E-state index in [4.69, 9.17) is 5.14 Å². The summed E-state index contributed by atoms with van der Waals surface area (Å²) in [4.78, 5) is -1.03. The summed E-state index contributed by atoms with van der Waals surface area (Å²) < 4.78 is 100. The molecule has 0 atom stereocenters. The van der Waals surface area contributed by atoms with Gasteiger partial charge in [-0.25, -0.2) is 26.4 Å². The molecule has 2 aromatic rings. The molecule has 0 heterocycles. The highest BCUT2D eigenvalue weighted by atomic mass is 32.2. The zero-order valence-corrected chi connectivity index (χ0v) is 14.9. The number of halogens is 4. The van der Waals surface area contributed by atoms with Crippen molar-refractivity contribution in [2.45, 2.75) is 11.1 Å². The molecule has 0 aliphatic rings. The molecule has 0 amide bonds. The molecule has 0 aliphatic heterocycles. The molecule has 2 aromatic carbocycles. The van der Waals surface area contributed by atoms with Gasteiger partial charge in [0.25, 0.3) is 10.0 Å².